The monoisotopic (exact) mass is 344 g/mol. The number of benzene rings is 3. The Hall–Kier alpha value is -2.05. The van der Waals surface area contributed by atoms with Crippen LogP contribution >= 0.6 is 11.6 Å². The van der Waals surface area contributed by atoms with E-state index in [1.165, 1.54) is 65.5 Å². The maximum absolute atomic E-state index is 6.43. The molecule has 0 atom stereocenters. The first-order valence-corrected chi connectivity index (χ1v) is 9.67. The first kappa shape index (κ1) is 15.2. The van der Waals surface area contributed by atoms with E-state index >= 15 is 0 Å². The van der Waals surface area contributed by atoms with Gasteiger partial charge in [-0.1, -0.05) is 85.5 Å². The summed E-state index contributed by atoms with van der Waals surface area (Å²) in [6, 6.07) is 24.2. The Bertz CT molecular complexity index is 934. The zero-order valence-corrected chi connectivity index (χ0v) is 15.0. The Morgan fingerprint density at radius 3 is 2.28 bits per heavy atom. The highest BCUT2D eigenvalue weighted by Gasteiger charge is 2.44. The van der Waals surface area contributed by atoms with E-state index in [-0.39, 0.29) is 5.41 Å². The summed E-state index contributed by atoms with van der Waals surface area (Å²) in [7, 11) is 0. The molecule has 1 heteroatoms. The maximum atomic E-state index is 6.43. The van der Waals surface area contributed by atoms with Crippen LogP contribution in [-0.2, 0) is 5.41 Å². The standard InChI is InChI=1S/C24H21Cl/c25-18-12-13-20-22(16-18)24(14-5-2-6-15-24)21-11-7-10-19(23(20)21)17-8-3-1-4-9-17/h1,3-4,7-13,16H,2,5-6,14-15H2. The van der Waals surface area contributed by atoms with E-state index in [1.807, 2.05) is 6.07 Å². The molecule has 0 aromatic heterocycles. The molecule has 3 aromatic carbocycles. The first-order chi connectivity index (χ1) is 12.3. The van der Waals surface area contributed by atoms with Gasteiger partial charge in [0, 0.05) is 10.4 Å². The van der Waals surface area contributed by atoms with Gasteiger partial charge in [-0.3, -0.25) is 0 Å². The van der Waals surface area contributed by atoms with Gasteiger partial charge in [-0.05, 0) is 58.4 Å². The van der Waals surface area contributed by atoms with Crippen LogP contribution in [0.2, 0.25) is 5.02 Å². The molecular formula is C24H21Cl. The minimum atomic E-state index is 0.165. The van der Waals surface area contributed by atoms with Crippen molar-refractivity contribution in [2.75, 3.05) is 0 Å². The Morgan fingerprint density at radius 2 is 1.48 bits per heavy atom. The highest BCUT2D eigenvalue weighted by Crippen LogP contribution is 2.58. The summed E-state index contributed by atoms with van der Waals surface area (Å²) in [5.74, 6) is 0. The van der Waals surface area contributed by atoms with Gasteiger partial charge in [-0.2, -0.15) is 0 Å². The molecule has 1 spiro atoms. The minimum Gasteiger partial charge on any atom is -0.0843 e. The molecule has 3 aromatic rings. The fourth-order valence-corrected chi connectivity index (χ4v) is 5.24. The lowest BCUT2D eigenvalue weighted by molar-refractivity contribution is 0.353. The van der Waals surface area contributed by atoms with Crippen molar-refractivity contribution in [3.05, 3.63) is 82.9 Å². The molecule has 0 N–H and O–H groups in total. The molecule has 5 rings (SSSR count). The summed E-state index contributed by atoms with van der Waals surface area (Å²) in [4.78, 5) is 0. The maximum Gasteiger partial charge on any atom is 0.0409 e. The fraction of sp³-hybridized carbons (Fsp3) is 0.250. The third-order valence-electron chi connectivity index (χ3n) is 6.14. The number of hydrogen-bond acceptors (Lipinski definition) is 0. The van der Waals surface area contributed by atoms with Gasteiger partial charge >= 0.3 is 0 Å². The van der Waals surface area contributed by atoms with Crippen LogP contribution in [0.3, 0.4) is 0 Å². The SMILES string of the molecule is Clc1ccc2c(c1)C1(CCCCC1)c1cccc(-c3ccccc3)c1-2. The van der Waals surface area contributed by atoms with Crippen molar-refractivity contribution in [2.45, 2.75) is 37.5 Å². The smallest absolute Gasteiger partial charge is 0.0409 e. The number of halogens is 1. The molecule has 124 valence electrons. The molecule has 2 aliphatic carbocycles. The predicted octanol–water partition coefficient (Wildman–Crippen LogP) is 7.24. The Balaban J connectivity index is 1.83. The van der Waals surface area contributed by atoms with E-state index < -0.39 is 0 Å². The second kappa shape index (κ2) is 5.75. The molecule has 0 nitrogen and oxygen atoms in total. The van der Waals surface area contributed by atoms with Crippen LogP contribution < -0.4 is 0 Å². The average Bonchev–Trinajstić information content (AvgIpc) is 2.93. The Morgan fingerprint density at radius 1 is 0.680 bits per heavy atom. The van der Waals surface area contributed by atoms with E-state index in [9.17, 15) is 0 Å². The molecule has 0 radical (unpaired) electrons. The van der Waals surface area contributed by atoms with Crippen molar-refractivity contribution in [2.24, 2.45) is 0 Å². The highest BCUT2D eigenvalue weighted by molar-refractivity contribution is 6.30. The second-order valence-electron chi connectivity index (χ2n) is 7.43. The highest BCUT2D eigenvalue weighted by atomic mass is 35.5. The molecule has 0 saturated heterocycles. The van der Waals surface area contributed by atoms with Gasteiger partial charge in [0.05, 0.1) is 0 Å². The Labute approximate surface area is 154 Å². The van der Waals surface area contributed by atoms with Gasteiger partial charge in [0.2, 0.25) is 0 Å². The number of fused-ring (bicyclic) bond motifs is 5. The van der Waals surface area contributed by atoms with Gasteiger partial charge in [0.1, 0.15) is 0 Å². The summed E-state index contributed by atoms with van der Waals surface area (Å²) in [5, 5.41) is 0.859. The van der Waals surface area contributed by atoms with Gasteiger partial charge < -0.3 is 0 Å². The van der Waals surface area contributed by atoms with Crippen LogP contribution in [0.4, 0.5) is 0 Å². The number of rotatable bonds is 1. The summed E-state index contributed by atoms with van der Waals surface area (Å²) in [6.07, 6.45) is 6.45. The van der Waals surface area contributed by atoms with Crippen molar-refractivity contribution >= 4 is 11.6 Å². The van der Waals surface area contributed by atoms with E-state index in [1.54, 1.807) is 0 Å². The van der Waals surface area contributed by atoms with E-state index in [0.29, 0.717) is 0 Å². The fourth-order valence-electron chi connectivity index (χ4n) is 5.07. The minimum absolute atomic E-state index is 0.165. The topological polar surface area (TPSA) is 0 Å². The van der Waals surface area contributed by atoms with Crippen molar-refractivity contribution in [3.63, 3.8) is 0 Å². The third-order valence-corrected chi connectivity index (χ3v) is 6.37. The van der Waals surface area contributed by atoms with Crippen molar-refractivity contribution < 1.29 is 0 Å². The van der Waals surface area contributed by atoms with Crippen LogP contribution in [0.1, 0.15) is 43.2 Å². The van der Waals surface area contributed by atoms with Gasteiger partial charge in [0.15, 0.2) is 0 Å². The lowest BCUT2D eigenvalue weighted by Crippen LogP contribution is -2.28. The lowest BCUT2D eigenvalue weighted by atomic mass is 9.68. The van der Waals surface area contributed by atoms with Crippen LogP contribution in [-0.4, -0.2) is 0 Å². The normalized spacial score (nSPS) is 17.3. The average molecular weight is 345 g/mol. The molecule has 0 bridgehead atoms. The zero-order chi connectivity index (χ0) is 16.9. The van der Waals surface area contributed by atoms with Gasteiger partial charge in [-0.25, -0.2) is 0 Å². The third kappa shape index (κ3) is 2.20. The summed E-state index contributed by atoms with van der Waals surface area (Å²) in [6.45, 7) is 0. The Kier molecular flexibility index (Phi) is 3.50. The largest absolute Gasteiger partial charge is 0.0843 e. The van der Waals surface area contributed by atoms with E-state index in [2.05, 4.69) is 60.7 Å². The van der Waals surface area contributed by atoms with Crippen molar-refractivity contribution in [3.8, 4) is 22.3 Å². The molecular weight excluding hydrogens is 324 g/mol. The van der Waals surface area contributed by atoms with Crippen molar-refractivity contribution in [1.82, 2.24) is 0 Å². The summed E-state index contributed by atoms with van der Waals surface area (Å²) in [5.41, 5.74) is 8.61. The number of hydrogen-bond donors (Lipinski definition) is 0. The van der Waals surface area contributed by atoms with Crippen LogP contribution in [0, 0.1) is 0 Å². The van der Waals surface area contributed by atoms with Gasteiger partial charge in [0.25, 0.3) is 0 Å². The van der Waals surface area contributed by atoms with Crippen LogP contribution in [0.5, 0.6) is 0 Å². The molecule has 2 aliphatic rings. The van der Waals surface area contributed by atoms with Crippen LogP contribution in [0.25, 0.3) is 22.3 Å². The van der Waals surface area contributed by atoms with Gasteiger partial charge in [-0.15, -0.1) is 0 Å². The van der Waals surface area contributed by atoms with E-state index in [4.69, 9.17) is 11.6 Å². The quantitative estimate of drug-likeness (QED) is 0.436. The van der Waals surface area contributed by atoms with Crippen molar-refractivity contribution in [1.29, 1.82) is 0 Å². The molecule has 25 heavy (non-hydrogen) atoms. The molecule has 1 fully saturated rings. The second-order valence-corrected chi connectivity index (χ2v) is 7.86. The first-order valence-electron chi connectivity index (χ1n) is 9.29. The lowest BCUT2D eigenvalue weighted by Gasteiger charge is -2.36. The molecule has 0 amide bonds. The molecule has 0 unspecified atom stereocenters. The molecule has 0 heterocycles. The van der Waals surface area contributed by atoms with Crippen LogP contribution in [0.15, 0.2) is 66.7 Å². The molecule has 0 aliphatic heterocycles. The predicted molar refractivity (Wildman–Crippen MR) is 106 cm³/mol. The molecule has 1 saturated carbocycles. The summed E-state index contributed by atoms with van der Waals surface area (Å²) >= 11 is 6.43. The van der Waals surface area contributed by atoms with E-state index in [0.717, 1.165) is 5.02 Å². The summed E-state index contributed by atoms with van der Waals surface area (Å²) < 4.78 is 0. The zero-order valence-electron chi connectivity index (χ0n) is 14.3.